The molecule has 0 aliphatic heterocycles. The highest BCUT2D eigenvalue weighted by molar-refractivity contribution is 6.03. The number of carbonyl (C=O) groups excluding carboxylic acids is 1. The zero-order valence-corrected chi connectivity index (χ0v) is 20.7. The number of halogens is 4. The maximum atomic E-state index is 13.3. The number of nitrogens with one attached hydrogen (secondary N) is 1. The maximum absolute atomic E-state index is 13.3. The van der Waals surface area contributed by atoms with Gasteiger partial charge in [-0.25, -0.2) is 19.2 Å². The quantitative estimate of drug-likeness (QED) is 0.239. The highest BCUT2D eigenvalue weighted by Gasteiger charge is 2.38. The van der Waals surface area contributed by atoms with Gasteiger partial charge >= 0.3 is 24.1 Å². The van der Waals surface area contributed by atoms with Gasteiger partial charge in [-0.2, -0.15) is 18.2 Å². The van der Waals surface area contributed by atoms with Crippen LogP contribution in [0.4, 0.5) is 23.4 Å². The number of ether oxygens (including phenoxy) is 1. The Kier molecular flexibility index (Phi) is 10.00. The van der Waals surface area contributed by atoms with Crippen molar-refractivity contribution in [2.45, 2.75) is 18.5 Å². The van der Waals surface area contributed by atoms with Crippen LogP contribution in [0.5, 0.6) is 11.8 Å². The highest BCUT2D eigenvalue weighted by Crippen LogP contribution is 2.28. The summed E-state index contributed by atoms with van der Waals surface area (Å²) in [5, 5.41) is 19.2. The van der Waals surface area contributed by atoms with E-state index in [0.717, 1.165) is 0 Å². The lowest BCUT2D eigenvalue weighted by Crippen LogP contribution is -2.21. The molecule has 0 saturated heterocycles. The SMILES string of the molecule is O=C(O)C(F)(F)F.O=C(O)CC(c1ccc(F)cc1)c1ccnc(Oc2ccc(C(=O)Nc3ccccn3)cc2)n1. The molecule has 4 rings (SSSR count). The Morgan fingerprint density at radius 1 is 0.878 bits per heavy atom. The van der Waals surface area contributed by atoms with Gasteiger partial charge < -0.3 is 20.3 Å². The number of aromatic nitrogens is 3. The van der Waals surface area contributed by atoms with Gasteiger partial charge in [-0.1, -0.05) is 18.2 Å². The Morgan fingerprint density at radius 3 is 2.10 bits per heavy atom. The lowest BCUT2D eigenvalue weighted by molar-refractivity contribution is -0.192. The van der Waals surface area contributed by atoms with Gasteiger partial charge in [0.25, 0.3) is 5.91 Å². The van der Waals surface area contributed by atoms with Crippen LogP contribution in [0.2, 0.25) is 0 Å². The number of aliphatic carboxylic acids is 2. The molecule has 2 aromatic carbocycles. The third-order valence-electron chi connectivity index (χ3n) is 5.14. The summed E-state index contributed by atoms with van der Waals surface area (Å²) >= 11 is 0. The van der Waals surface area contributed by atoms with Gasteiger partial charge in [0.05, 0.1) is 12.1 Å². The maximum Gasteiger partial charge on any atom is 0.490 e. The molecule has 2 aromatic heterocycles. The normalized spacial score (nSPS) is 11.4. The van der Waals surface area contributed by atoms with Crippen molar-refractivity contribution in [3.8, 4) is 11.8 Å². The summed E-state index contributed by atoms with van der Waals surface area (Å²) < 4.78 is 50.8. The molecule has 41 heavy (non-hydrogen) atoms. The number of carboxylic acid groups (broad SMARTS) is 2. The third kappa shape index (κ3) is 9.38. The Hall–Kier alpha value is -5.40. The number of nitrogens with zero attached hydrogens (tertiary/aromatic N) is 3. The lowest BCUT2D eigenvalue weighted by atomic mass is 9.92. The van der Waals surface area contributed by atoms with Crippen molar-refractivity contribution in [2.75, 3.05) is 5.32 Å². The second-order valence-corrected chi connectivity index (χ2v) is 8.06. The molecular weight excluding hydrogens is 552 g/mol. The zero-order chi connectivity index (χ0) is 30.0. The molecule has 3 N–H and O–H groups in total. The van der Waals surface area contributed by atoms with Crippen molar-refractivity contribution in [1.82, 2.24) is 15.0 Å². The summed E-state index contributed by atoms with van der Waals surface area (Å²) in [5.41, 5.74) is 1.44. The number of hydrogen-bond donors (Lipinski definition) is 3. The molecule has 1 unspecified atom stereocenters. The van der Waals surface area contributed by atoms with Crippen molar-refractivity contribution in [2.24, 2.45) is 0 Å². The van der Waals surface area contributed by atoms with E-state index >= 15 is 0 Å². The summed E-state index contributed by atoms with van der Waals surface area (Å²) in [4.78, 5) is 45.2. The number of carboxylic acids is 2. The topological polar surface area (TPSA) is 152 Å². The number of carbonyl (C=O) groups is 3. The van der Waals surface area contributed by atoms with Crippen molar-refractivity contribution in [3.63, 3.8) is 0 Å². The summed E-state index contributed by atoms with van der Waals surface area (Å²) in [6, 6.07) is 18.8. The van der Waals surface area contributed by atoms with Gasteiger partial charge in [-0.3, -0.25) is 9.59 Å². The standard InChI is InChI=1S/C25H19FN4O4.C2HF3O2/c26-18-8-4-16(5-9-18)20(15-23(31)32)21-12-14-28-25(29-21)34-19-10-6-17(7-11-19)24(33)30-22-3-1-2-13-27-22;3-2(4,5)1(6)7/h1-14,20H,15H2,(H,31,32)(H,27,30,33);(H,6,7). The number of hydrogen-bond acceptors (Lipinski definition) is 7. The summed E-state index contributed by atoms with van der Waals surface area (Å²) in [6.45, 7) is 0. The van der Waals surface area contributed by atoms with E-state index in [1.165, 1.54) is 30.5 Å². The molecule has 0 fully saturated rings. The van der Waals surface area contributed by atoms with E-state index in [1.54, 1.807) is 54.7 Å². The highest BCUT2D eigenvalue weighted by atomic mass is 19.4. The zero-order valence-electron chi connectivity index (χ0n) is 20.7. The van der Waals surface area contributed by atoms with E-state index in [9.17, 15) is 32.3 Å². The van der Waals surface area contributed by atoms with Gasteiger partial charge in [0.15, 0.2) is 0 Å². The predicted molar refractivity (Wildman–Crippen MR) is 135 cm³/mol. The molecule has 0 aliphatic rings. The van der Waals surface area contributed by atoms with Crippen molar-refractivity contribution in [1.29, 1.82) is 0 Å². The number of alkyl halides is 3. The lowest BCUT2D eigenvalue weighted by Gasteiger charge is -2.15. The van der Waals surface area contributed by atoms with Crippen LogP contribution >= 0.6 is 0 Å². The van der Waals surface area contributed by atoms with Crippen LogP contribution < -0.4 is 10.1 Å². The van der Waals surface area contributed by atoms with E-state index in [0.29, 0.717) is 28.4 Å². The Bertz CT molecular complexity index is 1480. The average molecular weight is 572 g/mol. The molecule has 0 saturated carbocycles. The van der Waals surface area contributed by atoms with Gasteiger partial charge in [0.1, 0.15) is 17.4 Å². The molecule has 0 radical (unpaired) electrons. The predicted octanol–water partition coefficient (Wildman–Crippen LogP) is 5.30. The van der Waals surface area contributed by atoms with E-state index in [-0.39, 0.29) is 18.3 Å². The third-order valence-corrected chi connectivity index (χ3v) is 5.14. The van der Waals surface area contributed by atoms with Crippen molar-refractivity contribution >= 4 is 23.7 Å². The molecule has 0 spiro atoms. The molecule has 212 valence electrons. The summed E-state index contributed by atoms with van der Waals surface area (Å²) in [6.07, 6.45) is -2.27. The van der Waals surface area contributed by atoms with Crippen LogP contribution in [0.15, 0.2) is 85.2 Å². The second-order valence-electron chi connectivity index (χ2n) is 8.06. The van der Waals surface area contributed by atoms with Crippen LogP contribution in [0.25, 0.3) is 0 Å². The first-order valence-electron chi connectivity index (χ1n) is 11.5. The first-order chi connectivity index (χ1) is 19.4. The number of benzene rings is 2. The Balaban J connectivity index is 0.000000587. The number of amides is 1. The molecule has 4 aromatic rings. The van der Waals surface area contributed by atoms with Gasteiger partial charge in [-0.15, -0.1) is 0 Å². The number of rotatable bonds is 8. The Labute approximate surface area is 229 Å². The molecule has 14 heteroatoms. The van der Waals surface area contributed by atoms with Gasteiger partial charge in [0.2, 0.25) is 0 Å². The van der Waals surface area contributed by atoms with Gasteiger partial charge in [0, 0.05) is 23.9 Å². The first kappa shape index (κ1) is 30.1. The van der Waals surface area contributed by atoms with E-state index in [4.69, 9.17) is 14.6 Å². The summed E-state index contributed by atoms with van der Waals surface area (Å²) in [5.74, 6) is -4.29. The number of anilines is 1. The van der Waals surface area contributed by atoms with Crippen LogP contribution in [0.3, 0.4) is 0 Å². The van der Waals surface area contributed by atoms with Crippen molar-refractivity contribution < 1.29 is 46.9 Å². The molecule has 0 bridgehead atoms. The van der Waals surface area contributed by atoms with Crippen LogP contribution in [-0.4, -0.2) is 49.2 Å². The summed E-state index contributed by atoms with van der Waals surface area (Å²) in [7, 11) is 0. The second kappa shape index (κ2) is 13.6. The monoisotopic (exact) mass is 572 g/mol. The van der Waals surface area contributed by atoms with E-state index in [1.807, 2.05) is 0 Å². The van der Waals surface area contributed by atoms with Crippen molar-refractivity contribution in [3.05, 3.63) is 108 Å². The fourth-order valence-electron chi connectivity index (χ4n) is 3.27. The largest absolute Gasteiger partial charge is 0.490 e. The first-order valence-corrected chi connectivity index (χ1v) is 11.5. The fraction of sp³-hybridized carbons (Fsp3) is 0.111. The van der Waals surface area contributed by atoms with Crippen LogP contribution in [0.1, 0.15) is 34.0 Å². The minimum absolute atomic E-state index is 0.0145. The molecular formula is C27H20F4N4O6. The van der Waals surface area contributed by atoms with E-state index in [2.05, 4.69) is 20.3 Å². The Morgan fingerprint density at radius 2 is 1.54 bits per heavy atom. The van der Waals surface area contributed by atoms with Crippen LogP contribution in [0, 0.1) is 5.82 Å². The molecule has 1 amide bonds. The molecule has 0 aliphatic carbocycles. The minimum atomic E-state index is -5.08. The minimum Gasteiger partial charge on any atom is -0.481 e. The smallest absolute Gasteiger partial charge is 0.481 e. The van der Waals surface area contributed by atoms with Gasteiger partial charge in [-0.05, 0) is 60.2 Å². The molecule has 10 nitrogen and oxygen atoms in total. The van der Waals surface area contributed by atoms with E-state index < -0.39 is 29.9 Å². The number of pyridine rings is 1. The molecule has 1 atom stereocenters. The molecule has 2 heterocycles. The fourth-order valence-corrected chi connectivity index (χ4v) is 3.27. The van der Waals surface area contributed by atoms with Crippen LogP contribution in [-0.2, 0) is 9.59 Å². The average Bonchev–Trinajstić information content (AvgIpc) is 2.93.